The summed E-state index contributed by atoms with van der Waals surface area (Å²) in [7, 11) is 0. The van der Waals surface area contributed by atoms with E-state index in [1.165, 1.54) is 19.3 Å². The summed E-state index contributed by atoms with van der Waals surface area (Å²) in [5.41, 5.74) is 1.88. The summed E-state index contributed by atoms with van der Waals surface area (Å²) in [6.07, 6.45) is 11.3. The molecule has 0 aromatic carbocycles. The van der Waals surface area contributed by atoms with Crippen LogP contribution in [0.5, 0.6) is 0 Å². The van der Waals surface area contributed by atoms with Crippen LogP contribution in [-0.2, 0) is 6.42 Å². The van der Waals surface area contributed by atoms with Gasteiger partial charge in [0.25, 0.3) is 0 Å². The van der Waals surface area contributed by atoms with Gasteiger partial charge < -0.3 is 20.1 Å². The number of aromatic nitrogens is 2. The van der Waals surface area contributed by atoms with E-state index in [-0.39, 0.29) is 18.7 Å². The van der Waals surface area contributed by atoms with Crippen LogP contribution in [0.25, 0.3) is 5.65 Å². The van der Waals surface area contributed by atoms with E-state index in [9.17, 15) is 9.90 Å². The first-order chi connectivity index (χ1) is 12.3. The van der Waals surface area contributed by atoms with Crippen LogP contribution in [0.3, 0.4) is 0 Å². The van der Waals surface area contributed by atoms with Gasteiger partial charge in [-0.05, 0) is 37.3 Å². The zero-order chi connectivity index (χ0) is 17.5. The van der Waals surface area contributed by atoms with Gasteiger partial charge in [0.05, 0.1) is 5.69 Å². The van der Waals surface area contributed by atoms with Crippen molar-refractivity contribution in [2.75, 3.05) is 13.2 Å². The molecule has 6 heteroatoms. The van der Waals surface area contributed by atoms with Crippen molar-refractivity contribution in [3.63, 3.8) is 0 Å². The van der Waals surface area contributed by atoms with Crippen LogP contribution in [-0.4, -0.2) is 39.7 Å². The molecule has 1 fully saturated rings. The number of carbonyl (C=O) groups is 1. The molecule has 2 aromatic rings. The van der Waals surface area contributed by atoms with Crippen LogP contribution in [0, 0.1) is 5.92 Å². The lowest BCUT2D eigenvalue weighted by Crippen LogP contribution is -2.46. The maximum Gasteiger partial charge on any atom is 0.315 e. The fourth-order valence-corrected chi connectivity index (χ4v) is 3.73. The average Bonchev–Trinajstić information content (AvgIpc) is 3.05. The number of hydrogen-bond acceptors (Lipinski definition) is 3. The van der Waals surface area contributed by atoms with Gasteiger partial charge in [-0.25, -0.2) is 9.78 Å². The van der Waals surface area contributed by atoms with Crippen LogP contribution >= 0.6 is 0 Å². The quantitative estimate of drug-likeness (QED) is 0.722. The minimum Gasteiger partial charge on any atom is -0.396 e. The van der Waals surface area contributed by atoms with E-state index in [2.05, 4.69) is 15.6 Å². The molecular formula is C19H28N4O2. The average molecular weight is 344 g/mol. The van der Waals surface area contributed by atoms with E-state index in [1.54, 1.807) is 0 Å². The van der Waals surface area contributed by atoms with Crippen molar-refractivity contribution in [3.05, 3.63) is 36.3 Å². The predicted octanol–water partition coefficient (Wildman–Crippen LogP) is 2.51. The van der Waals surface area contributed by atoms with Crippen LogP contribution in [0.4, 0.5) is 4.79 Å². The largest absolute Gasteiger partial charge is 0.396 e. The molecule has 2 aromatic heterocycles. The van der Waals surface area contributed by atoms with Crippen LogP contribution in [0.15, 0.2) is 30.6 Å². The number of carbonyl (C=O) groups excluding carboxylic acids is 1. The van der Waals surface area contributed by atoms with E-state index < -0.39 is 0 Å². The highest BCUT2D eigenvalue weighted by atomic mass is 16.3. The molecular weight excluding hydrogens is 316 g/mol. The van der Waals surface area contributed by atoms with Crippen LogP contribution in [0.2, 0.25) is 0 Å². The van der Waals surface area contributed by atoms with E-state index in [1.807, 2.05) is 35.0 Å². The van der Waals surface area contributed by atoms with Crippen LogP contribution < -0.4 is 10.6 Å². The van der Waals surface area contributed by atoms with Crippen molar-refractivity contribution in [2.45, 2.75) is 51.0 Å². The second-order valence-corrected chi connectivity index (χ2v) is 6.87. The molecule has 1 aliphatic rings. The molecule has 0 radical (unpaired) electrons. The van der Waals surface area contributed by atoms with Crippen molar-refractivity contribution in [2.24, 2.45) is 5.92 Å². The highest BCUT2D eigenvalue weighted by Crippen LogP contribution is 2.27. The molecule has 25 heavy (non-hydrogen) atoms. The Hall–Kier alpha value is -2.08. The number of amides is 2. The zero-order valence-corrected chi connectivity index (χ0v) is 14.7. The lowest BCUT2D eigenvalue weighted by molar-refractivity contribution is 0.197. The highest BCUT2D eigenvalue weighted by molar-refractivity contribution is 5.74. The number of aliphatic hydroxyl groups excluding tert-OH is 1. The minimum atomic E-state index is -0.146. The zero-order valence-electron chi connectivity index (χ0n) is 14.7. The molecule has 1 unspecified atom stereocenters. The number of urea groups is 1. The SMILES string of the molecule is O=C(NCCc1cn2ccccc2n1)NC(CCO)C1CCCCC1. The van der Waals surface area contributed by atoms with Gasteiger partial charge in [-0.1, -0.05) is 25.3 Å². The van der Waals surface area contributed by atoms with Gasteiger partial charge in [-0.3, -0.25) is 0 Å². The third-order valence-corrected chi connectivity index (χ3v) is 5.06. The number of nitrogens with zero attached hydrogens (tertiary/aromatic N) is 2. The Morgan fingerprint density at radius 1 is 1.32 bits per heavy atom. The lowest BCUT2D eigenvalue weighted by atomic mass is 9.83. The molecule has 136 valence electrons. The van der Waals surface area contributed by atoms with Gasteiger partial charge in [0.15, 0.2) is 0 Å². The van der Waals surface area contributed by atoms with E-state index in [0.717, 1.165) is 24.2 Å². The summed E-state index contributed by atoms with van der Waals surface area (Å²) in [6.45, 7) is 0.662. The Bertz CT molecular complexity index is 646. The molecule has 0 saturated heterocycles. The molecule has 3 N–H and O–H groups in total. The monoisotopic (exact) mass is 344 g/mol. The van der Waals surface area contributed by atoms with Crippen molar-refractivity contribution in [1.29, 1.82) is 0 Å². The second-order valence-electron chi connectivity index (χ2n) is 6.87. The summed E-state index contributed by atoms with van der Waals surface area (Å²) in [6, 6.07) is 5.82. The summed E-state index contributed by atoms with van der Waals surface area (Å²) in [5.74, 6) is 0.491. The molecule has 2 amide bonds. The van der Waals surface area contributed by atoms with Gasteiger partial charge in [0.2, 0.25) is 0 Å². The molecule has 2 heterocycles. The fraction of sp³-hybridized carbons (Fsp3) is 0.579. The molecule has 1 atom stereocenters. The van der Waals surface area contributed by atoms with Gasteiger partial charge >= 0.3 is 6.03 Å². The number of rotatable bonds is 7. The fourth-order valence-electron chi connectivity index (χ4n) is 3.73. The lowest BCUT2D eigenvalue weighted by Gasteiger charge is -2.30. The Labute approximate surface area is 148 Å². The second kappa shape index (κ2) is 8.85. The summed E-state index contributed by atoms with van der Waals surface area (Å²) >= 11 is 0. The number of hydrogen-bond donors (Lipinski definition) is 3. The number of aliphatic hydroxyl groups is 1. The van der Waals surface area contributed by atoms with Gasteiger partial charge in [-0.2, -0.15) is 0 Å². The smallest absolute Gasteiger partial charge is 0.315 e. The van der Waals surface area contributed by atoms with Gasteiger partial charge in [-0.15, -0.1) is 0 Å². The molecule has 1 aliphatic carbocycles. The first kappa shape index (κ1) is 17.7. The highest BCUT2D eigenvalue weighted by Gasteiger charge is 2.24. The van der Waals surface area contributed by atoms with Crippen molar-refractivity contribution >= 4 is 11.7 Å². The molecule has 6 nitrogen and oxygen atoms in total. The standard InChI is InChI=1S/C19H28N4O2/c24-13-10-17(15-6-2-1-3-7-15)22-19(25)20-11-9-16-14-23-12-5-4-8-18(23)21-16/h4-5,8,12,14-15,17,24H,1-3,6-7,9-11,13H2,(H2,20,22,25). The van der Waals surface area contributed by atoms with Gasteiger partial charge in [0.1, 0.15) is 5.65 Å². The molecule has 3 rings (SSSR count). The van der Waals surface area contributed by atoms with E-state index in [0.29, 0.717) is 25.3 Å². The molecule has 1 saturated carbocycles. The Morgan fingerprint density at radius 2 is 2.16 bits per heavy atom. The Kier molecular flexibility index (Phi) is 6.28. The van der Waals surface area contributed by atoms with Crippen LogP contribution in [0.1, 0.15) is 44.2 Å². The first-order valence-corrected chi connectivity index (χ1v) is 9.34. The number of pyridine rings is 1. The van der Waals surface area contributed by atoms with Crippen molar-refractivity contribution in [1.82, 2.24) is 20.0 Å². The van der Waals surface area contributed by atoms with Gasteiger partial charge in [0, 0.05) is 38.0 Å². The maximum absolute atomic E-state index is 12.2. The summed E-state index contributed by atoms with van der Waals surface area (Å²) < 4.78 is 1.98. The predicted molar refractivity (Wildman–Crippen MR) is 97.5 cm³/mol. The molecule has 0 aliphatic heterocycles. The Balaban J connectivity index is 1.45. The minimum absolute atomic E-state index is 0.0699. The third-order valence-electron chi connectivity index (χ3n) is 5.06. The Morgan fingerprint density at radius 3 is 2.92 bits per heavy atom. The van der Waals surface area contributed by atoms with E-state index in [4.69, 9.17) is 0 Å². The summed E-state index contributed by atoms with van der Waals surface area (Å²) in [5, 5.41) is 15.3. The first-order valence-electron chi connectivity index (χ1n) is 9.34. The van der Waals surface area contributed by atoms with E-state index >= 15 is 0 Å². The summed E-state index contributed by atoms with van der Waals surface area (Å²) in [4.78, 5) is 16.7. The number of fused-ring (bicyclic) bond motifs is 1. The van der Waals surface area contributed by atoms with Crippen molar-refractivity contribution < 1.29 is 9.90 Å². The topological polar surface area (TPSA) is 78.7 Å². The maximum atomic E-state index is 12.2. The third kappa shape index (κ3) is 4.95. The molecule has 0 spiro atoms. The number of imidazole rings is 1. The number of nitrogens with one attached hydrogen (secondary N) is 2. The molecule has 0 bridgehead atoms. The normalized spacial score (nSPS) is 16.7. The van der Waals surface area contributed by atoms with Crippen molar-refractivity contribution in [3.8, 4) is 0 Å².